The molecule has 1 aromatic heterocycles. The van der Waals surface area contributed by atoms with Crippen molar-refractivity contribution in [3.63, 3.8) is 0 Å². The molecular weight excluding hydrogens is 200 g/mol. The summed E-state index contributed by atoms with van der Waals surface area (Å²) in [6.07, 6.45) is 3.70. The van der Waals surface area contributed by atoms with Crippen LogP contribution in [-0.2, 0) is 19.4 Å². The molecule has 1 aliphatic rings. The van der Waals surface area contributed by atoms with E-state index >= 15 is 0 Å². The molecule has 0 saturated carbocycles. The summed E-state index contributed by atoms with van der Waals surface area (Å²) in [5, 5.41) is 7.33. The first-order valence-electron chi connectivity index (χ1n) is 5.65. The number of fused-ring (bicyclic) bond motifs is 2. The fraction of sp³-hybridized carbons (Fsp3) is 0.308. The second kappa shape index (κ2) is 3.67. The van der Waals surface area contributed by atoms with Crippen molar-refractivity contribution in [2.24, 2.45) is 0 Å². The highest BCUT2D eigenvalue weighted by Crippen LogP contribution is 2.29. The minimum absolute atomic E-state index is 0.808. The average molecular weight is 214 g/mol. The molecule has 0 unspecified atom stereocenters. The van der Waals surface area contributed by atoms with Gasteiger partial charge < -0.3 is 9.84 Å². The molecule has 3 rings (SSSR count). The number of hydrogen-bond acceptors (Lipinski definition) is 3. The van der Waals surface area contributed by atoms with Crippen molar-refractivity contribution < 1.29 is 4.52 Å². The van der Waals surface area contributed by atoms with Gasteiger partial charge in [0.25, 0.3) is 0 Å². The van der Waals surface area contributed by atoms with Gasteiger partial charge in [0, 0.05) is 24.2 Å². The van der Waals surface area contributed by atoms with Crippen molar-refractivity contribution in [1.29, 1.82) is 0 Å². The summed E-state index contributed by atoms with van der Waals surface area (Å²) in [6.45, 7) is 2.99. The van der Waals surface area contributed by atoms with Crippen LogP contribution in [-0.4, -0.2) is 5.16 Å². The van der Waals surface area contributed by atoms with Gasteiger partial charge in [0.15, 0.2) is 0 Å². The second-order valence-electron chi connectivity index (χ2n) is 4.11. The number of rotatable bonds is 1. The van der Waals surface area contributed by atoms with Gasteiger partial charge in [-0.15, -0.1) is 0 Å². The van der Waals surface area contributed by atoms with Crippen LogP contribution in [0.15, 0.2) is 28.9 Å². The van der Waals surface area contributed by atoms with E-state index in [1.165, 1.54) is 22.4 Å². The van der Waals surface area contributed by atoms with Gasteiger partial charge in [0.1, 0.15) is 5.76 Å². The molecule has 0 aliphatic carbocycles. The van der Waals surface area contributed by atoms with E-state index in [0.29, 0.717) is 0 Å². The number of benzene rings is 1. The molecule has 0 fully saturated rings. The average Bonchev–Trinajstić information content (AvgIpc) is 2.67. The van der Waals surface area contributed by atoms with Crippen molar-refractivity contribution in [3.05, 3.63) is 46.8 Å². The van der Waals surface area contributed by atoms with Crippen molar-refractivity contribution >= 4 is 5.69 Å². The Hall–Kier alpha value is -1.77. The molecule has 1 N–H and O–H groups in total. The SMILES string of the molecule is CCc1cccc2c1NCc1cnoc1C2. The highest BCUT2D eigenvalue weighted by Gasteiger charge is 2.17. The molecule has 0 spiro atoms. The maximum atomic E-state index is 5.28. The Morgan fingerprint density at radius 2 is 2.31 bits per heavy atom. The summed E-state index contributed by atoms with van der Waals surface area (Å²) < 4.78 is 5.28. The molecular formula is C13H14N2O. The lowest BCUT2D eigenvalue weighted by atomic mass is 10.0. The van der Waals surface area contributed by atoms with Gasteiger partial charge in [-0.25, -0.2) is 0 Å². The summed E-state index contributed by atoms with van der Waals surface area (Å²) in [7, 11) is 0. The summed E-state index contributed by atoms with van der Waals surface area (Å²) in [6, 6.07) is 6.44. The summed E-state index contributed by atoms with van der Waals surface area (Å²) in [4.78, 5) is 0. The first kappa shape index (κ1) is 9.46. The maximum Gasteiger partial charge on any atom is 0.146 e. The maximum absolute atomic E-state index is 5.28. The van der Waals surface area contributed by atoms with Crippen molar-refractivity contribution in [1.82, 2.24) is 5.16 Å². The van der Waals surface area contributed by atoms with E-state index in [1.54, 1.807) is 6.20 Å². The van der Waals surface area contributed by atoms with Crippen LogP contribution >= 0.6 is 0 Å². The van der Waals surface area contributed by atoms with Gasteiger partial charge in [-0.2, -0.15) is 0 Å². The molecule has 2 heterocycles. The Morgan fingerprint density at radius 1 is 1.38 bits per heavy atom. The highest BCUT2D eigenvalue weighted by molar-refractivity contribution is 5.60. The number of nitrogens with one attached hydrogen (secondary N) is 1. The lowest BCUT2D eigenvalue weighted by Crippen LogP contribution is -2.01. The summed E-state index contributed by atoms with van der Waals surface area (Å²) in [5.41, 5.74) is 5.11. The minimum Gasteiger partial charge on any atom is -0.380 e. The fourth-order valence-corrected chi connectivity index (χ4v) is 2.25. The van der Waals surface area contributed by atoms with Crippen LogP contribution < -0.4 is 5.32 Å². The Balaban J connectivity index is 2.09. The third-order valence-electron chi connectivity index (χ3n) is 3.15. The zero-order chi connectivity index (χ0) is 11.0. The molecule has 0 radical (unpaired) electrons. The van der Waals surface area contributed by atoms with E-state index in [9.17, 15) is 0 Å². The van der Waals surface area contributed by atoms with E-state index in [0.717, 1.165) is 25.1 Å². The number of anilines is 1. The van der Waals surface area contributed by atoms with Crippen LogP contribution in [0.4, 0.5) is 5.69 Å². The lowest BCUT2D eigenvalue weighted by Gasteiger charge is -2.12. The highest BCUT2D eigenvalue weighted by atomic mass is 16.5. The summed E-state index contributed by atoms with van der Waals surface area (Å²) >= 11 is 0. The quantitative estimate of drug-likeness (QED) is 0.793. The van der Waals surface area contributed by atoms with Crippen LogP contribution in [0.2, 0.25) is 0 Å². The fourth-order valence-electron chi connectivity index (χ4n) is 2.25. The molecule has 3 heteroatoms. The molecule has 0 saturated heterocycles. The summed E-state index contributed by atoms with van der Waals surface area (Å²) in [5.74, 6) is 0.986. The second-order valence-corrected chi connectivity index (χ2v) is 4.11. The standard InChI is InChI=1S/C13H14N2O/c1-2-9-4-3-5-10-6-12-11(8-15-16-12)7-14-13(9)10/h3-5,8,14H,2,6-7H2,1H3. The first-order valence-corrected chi connectivity index (χ1v) is 5.65. The van der Waals surface area contributed by atoms with Gasteiger partial charge in [-0.05, 0) is 17.5 Å². The molecule has 82 valence electrons. The van der Waals surface area contributed by atoms with E-state index in [1.807, 2.05) is 0 Å². The number of hydrogen-bond donors (Lipinski definition) is 1. The third-order valence-corrected chi connectivity index (χ3v) is 3.15. The smallest absolute Gasteiger partial charge is 0.146 e. The first-order chi connectivity index (χ1) is 7.88. The number of aromatic nitrogens is 1. The molecule has 3 nitrogen and oxygen atoms in total. The zero-order valence-corrected chi connectivity index (χ0v) is 9.29. The normalized spacial score (nSPS) is 13.6. The van der Waals surface area contributed by atoms with Gasteiger partial charge in [0.2, 0.25) is 0 Å². The monoisotopic (exact) mass is 214 g/mol. The molecule has 0 bridgehead atoms. The van der Waals surface area contributed by atoms with Crippen molar-refractivity contribution in [2.75, 3.05) is 5.32 Å². The van der Waals surface area contributed by atoms with Gasteiger partial charge in [-0.1, -0.05) is 30.3 Å². The number of nitrogens with zero attached hydrogens (tertiary/aromatic N) is 1. The zero-order valence-electron chi connectivity index (χ0n) is 9.29. The Bertz CT molecular complexity index is 516. The number of aryl methyl sites for hydroxylation is 1. The van der Waals surface area contributed by atoms with E-state index < -0.39 is 0 Å². The van der Waals surface area contributed by atoms with Gasteiger partial charge in [0.05, 0.1) is 6.20 Å². The third kappa shape index (κ3) is 1.40. The van der Waals surface area contributed by atoms with Crippen LogP contribution in [0, 0.1) is 0 Å². The van der Waals surface area contributed by atoms with Crippen LogP contribution in [0.3, 0.4) is 0 Å². The van der Waals surface area contributed by atoms with Crippen molar-refractivity contribution in [3.8, 4) is 0 Å². The molecule has 1 aromatic carbocycles. The van der Waals surface area contributed by atoms with Crippen LogP contribution in [0.25, 0.3) is 0 Å². The predicted molar refractivity (Wildman–Crippen MR) is 62.5 cm³/mol. The molecule has 1 aliphatic heterocycles. The van der Waals surface area contributed by atoms with E-state index in [-0.39, 0.29) is 0 Å². The molecule has 2 aromatic rings. The number of para-hydroxylation sites is 1. The Morgan fingerprint density at radius 3 is 3.19 bits per heavy atom. The van der Waals surface area contributed by atoms with Crippen LogP contribution in [0.5, 0.6) is 0 Å². The lowest BCUT2D eigenvalue weighted by molar-refractivity contribution is 0.388. The molecule has 0 amide bonds. The minimum atomic E-state index is 0.808. The van der Waals surface area contributed by atoms with E-state index in [2.05, 4.69) is 35.6 Å². The molecule has 0 atom stereocenters. The topological polar surface area (TPSA) is 38.1 Å². The van der Waals surface area contributed by atoms with Crippen LogP contribution in [0.1, 0.15) is 29.4 Å². The Kier molecular flexibility index (Phi) is 2.17. The van der Waals surface area contributed by atoms with E-state index in [4.69, 9.17) is 4.52 Å². The largest absolute Gasteiger partial charge is 0.380 e. The predicted octanol–water partition coefficient (Wildman–Crippen LogP) is 2.75. The van der Waals surface area contributed by atoms with Gasteiger partial charge in [-0.3, -0.25) is 0 Å². The van der Waals surface area contributed by atoms with Gasteiger partial charge >= 0.3 is 0 Å². The Labute approximate surface area is 94.5 Å². The molecule has 16 heavy (non-hydrogen) atoms. The van der Waals surface area contributed by atoms with Crippen molar-refractivity contribution in [2.45, 2.75) is 26.3 Å².